The molecule has 5 aromatic rings. The summed E-state index contributed by atoms with van der Waals surface area (Å²) in [5.41, 5.74) is 6.56. The van der Waals surface area contributed by atoms with Crippen molar-refractivity contribution in [2.24, 2.45) is 4.99 Å². The van der Waals surface area contributed by atoms with Gasteiger partial charge in [0.15, 0.2) is 0 Å². The zero-order chi connectivity index (χ0) is 33.5. The van der Waals surface area contributed by atoms with Crippen LogP contribution in [0.2, 0.25) is 0 Å². The second kappa shape index (κ2) is 10.7. The fraction of sp³-hybridized carbons (Fsp3) is 0.429. The summed E-state index contributed by atoms with van der Waals surface area (Å²) < 4.78 is 15.6. The molecule has 1 aliphatic carbocycles. The van der Waals surface area contributed by atoms with E-state index < -0.39 is 0 Å². The van der Waals surface area contributed by atoms with Gasteiger partial charge in [0.25, 0.3) is 0 Å². The van der Waals surface area contributed by atoms with E-state index in [1.807, 2.05) is 6.20 Å². The average molecular weight is 628 g/mol. The third kappa shape index (κ3) is 5.42. The van der Waals surface area contributed by atoms with Crippen molar-refractivity contribution in [3.05, 3.63) is 95.2 Å². The Morgan fingerprint density at radius 1 is 0.766 bits per heavy atom. The maximum Gasteiger partial charge on any atom is 0.217 e. The number of nitrogens with zero attached hydrogens (tertiary/aromatic N) is 3. The molecule has 0 spiro atoms. The molecule has 47 heavy (non-hydrogen) atoms. The SMILES string of the molecule is CC(C)c1cc(Oc2ccc3c4cc(C(C)(C)C)ccc4n(-c4cc(C(C)(C)C)ccn4)c3c2)cc(C2=N[C@]3(C)CCC[C@]3(C)O2)c1. The first-order chi connectivity index (χ1) is 22.0. The van der Waals surface area contributed by atoms with Gasteiger partial charge < -0.3 is 9.47 Å². The number of rotatable bonds is 5. The van der Waals surface area contributed by atoms with Crippen LogP contribution in [0.15, 0.2) is 77.9 Å². The van der Waals surface area contributed by atoms with Gasteiger partial charge >= 0.3 is 0 Å². The number of hydrogen-bond donors (Lipinski definition) is 0. The molecule has 0 radical (unpaired) electrons. The van der Waals surface area contributed by atoms with Crippen LogP contribution < -0.4 is 4.74 Å². The Bertz CT molecular complexity index is 2050. The van der Waals surface area contributed by atoms with E-state index in [0.717, 1.165) is 59.1 Å². The van der Waals surface area contributed by atoms with Gasteiger partial charge in [0, 0.05) is 28.6 Å². The summed E-state index contributed by atoms with van der Waals surface area (Å²) in [6, 6.07) is 24.1. The lowest BCUT2D eigenvalue weighted by Crippen LogP contribution is -2.41. The molecule has 5 nitrogen and oxygen atoms in total. The molecule has 0 unspecified atom stereocenters. The van der Waals surface area contributed by atoms with Gasteiger partial charge in [-0.3, -0.25) is 4.57 Å². The van der Waals surface area contributed by atoms with Crippen molar-refractivity contribution in [3.8, 4) is 17.3 Å². The number of hydrogen-bond acceptors (Lipinski definition) is 4. The molecule has 2 aromatic heterocycles. The van der Waals surface area contributed by atoms with Gasteiger partial charge in [0.05, 0.1) is 11.0 Å². The molecule has 3 heterocycles. The summed E-state index contributed by atoms with van der Waals surface area (Å²) >= 11 is 0. The molecule has 0 saturated heterocycles. The largest absolute Gasteiger partial charge is 0.469 e. The van der Waals surface area contributed by atoms with Gasteiger partial charge in [-0.25, -0.2) is 9.98 Å². The van der Waals surface area contributed by atoms with Crippen LogP contribution in [0.4, 0.5) is 0 Å². The third-order valence-corrected chi connectivity index (χ3v) is 10.6. The zero-order valence-electron chi connectivity index (χ0n) is 29.8. The zero-order valence-corrected chi connectivity index (χ0v) is 29.8. The molecule has 244 valence electrons. The van der Waals surface area contributed by atoms with Crippen LogP contribution in [0.3, 0.4) is 0 Å². The molecular weight excluding hydrogens is 578 g/mol. The summed E-state index contributed by atoms with van der Waals surface area (Å²) in [6.07, 6.45) is 5.16. The average Bonchev–Trinajstić information content (AvgIpc) is 3.57. The predicted molar refractivity (Wildman–Crippen MR) is 195 cm³/mol. The Balaban J connectivity index is 1.36. The van der Waals surface area contributed by atoms with E-state index in [1.54, 1.807) is 0 Å². The molecule has 0 bridgehead atoms. The summed E-state index contributed by atoms with van der Waals surface area (Å²) in [5.74, 6) is 3.53. The minimum atomic E-state index is -0.249. The highest BCUT2D eigenvalue weighted by Gasteiger charge is 2.55. The lowest BCUT2D eigenvalue weighted by Gasteiger charge is -2.30. The van der Waals surface area contributed by atoms with E-state index in [9.17, 15) is 0 Å². The van der Waals surface area contributed by atoms with E-state index in [1.165, 1.54) is 27.5 Å². The summed E-state index contributed by atoms with van der Waals surface area (Å²) in [5, 5.41) is 2.40. The van der Waals surface area contributed by atoms with Crippen molar-refractivity contribution in [2.75, 3.05) is 0 Å². The number of ether oxygens (including phenoxy) is 2. The van der Waals surface area contributed by atoms with Gasteiger partial charge in [-0.15, -0.1) is 0 Å². The Labute approximate surface area is 280 Å². The van der Waals surface area contributed by atoms with Gasteiger partial charge in [0.2, 0.25) is 5.90 Å². The summed E-state index contributed by atoms with van der Waals surface area (Å²) in [4.78, 5) is 10.1. The van der Waals surface area contributed by atoms with Crippen molar-refractivity contribution in [1.29, 1.82) is 0 Å². The molecule has 5 heteroatoms. The normalized spacial score (nSPS) is 21.4. The van der Waals surface area contributed by atoms with Gasteiger partial charge in [-0.05, 0) is 121 Å². The van der Waals surface area contributed by atoms with Crippen LogP contribution in [0.5, 0.6) is 11.5 Å². The van der Waals surface area contributed by atoms with E-state index in [-0.39, 0.29) is 22.0 Å². The molecule has 1 aliphatic heterocycles. The first kappa shape index (κ1) is 31.5. The van der Waals surface area contributed by atoms with Gasteiger partial charge in [-0.2, -0.15) is 0 Å². The molecule has 2 aliphatic rings. The summed E-state index contributed by atoms with van der Waals surface area (Å²) in [7, 11) is 0. The van der Waals surface area contributed by atoms with E-state index in [2.05, 4.69) is 141 Å². The van der Waals surface area contributed by atoms with Crippen LogP contribution >= 0.6 is 0 Å². The Kier molecular flexibility index (Phi) is 7.17. The topological polar surface area (TPSA) is 48.6 Å². The second-order valence-electron chi connectivity index (χ2n) is 16.6. The third-order valence-electron chi connectivity index (χ3n) is 10.6. The van der Waals surface area contributed by atoms with E-state index in [0.29, 0.717) is 5.92 Å². The number of aliphatic imine (C=N–C) groups is 1. The van der Waals surface area contributed by atoms with Crippen molar-refractivity contribution in [2.45, 2.75) is 116 Å². The Morgan fingerprint density at radius 3 is 2.21 bits per heavy atom. The highest BCUT2D eigenvalue weighted by Crippen LogP contribution is 2.49. The van der Waals surface area contributed by atoms with Crippen molar-refractivity contribution >= 4 is 27.7 Å². The first-order valence-electron chi connectivity index (χ1n) is 17.2. The van der Waals surface area contributed by atoms with Crippen LogP contribution in [-0.2, 0) is 15.6 Å². The van der Waals surface area contributed by atoms with E-state index in [4.69, 9.17) is 19.5 Å². The minimum Gasteiger partial charge on any atom is -0.469 e. The molecule has 3 aromatic carbocycles. The van der Waals surface area contributed by atoms with Crippen molar-refractivity contribution in [1.82, 2.24) is 9.55 Å². The smallest absolute Gasteiger partial charge is 0.217 e. The maximum atomic E-state index is 6.72. The molecule has 0 N–H and O–H groups in total. The molecule has 0 amide bonds. The first-order valence-corrected chi connectivity index (χ1v) is 17.2. The lowest BCUT2D eigenvalue weighted by atomic mass is 9.86. The van der Waals surface area contributed by atoms with E-state index >= 15 is 0 Å². The number of aromatic nitrogens is 2. The van der Waals surface area contributed by atoms with Gasteiger partial charge in [-0.1, -0.05) is 61.5 Å². The standard InChI is InChI=1S/C42H49N3O2/c1-26(2)27-20-28(38-44-41(9)17-11-18-42(41,10)47-38)22-32(21-27)46-31-13-14-33-34-23-29(39(3,4)5)12-15-35(34)45(36(33)25-31)37-24-30(16-19-43-37)40(6,7)8/h12-16,19-26H,11,17-18H2,1-10H3/t41-,42+/m1/s1. The second-order valence-corrected chi connectivity index (χ2v) is 16.6. The van der Waals surface area contributed by atoms with Gasteiger partial charge in [0.1, 0.15) is 28.5 Å². The quantitative estimate of drug-likeness (QED) is 0.195. The molecule has 1 fully saturated rings. The molecule has 7 rings (SSSR count). The van der Waals surface area contributed by atoms with Crippen LogP contribution in [0, 0.1) is 0 Å². The fourth-order valence-electron chi connectivity index (χ4n) is 7.28. The highest BCUT2D eigenvalue weighted by molar-refractivity contribution is 6.09. The molecule has 1 saturated carbocycles. The highest BCUT2D eigenvalue weighted by atomic mass is 16.5. The van der Waals surface area contributed by atoms with Crippen molar-refractivity contribution in [3.63, 3.8) is 0 Å². The predicted octanol–water partition coefficient (Wildman–Crippen LogP) is 11.2. The molecule has 2 atom stereocenters. The van der Waals surface area contributed by atoms with Crippen LogP contribution in [0.25, 0.3) is 27.6 Å². The minimum absolute atomic E-state index is 0.00405. The monoisotopic (exact) mass is 627 g/mol. The van der Waals surface area contributed by atoms with Crippen LogP contribution in [-0.4, -0.2) is 26.6 Å². The number of fused-ring (bicyclic) bond motifs is 4. The van der Waals surface area contributed by atoms with Crippen molar-refractivity contribution < 1.29 is 9.47 Å². The number of pyridine rings is 1. The molecular formula is C42H49N3O2. The Hall–Kier alpha value is -4.12. The maximum absolute atomic E-state index is 6.72. The lowest BCUT2D eigenvalue weighted by molar-refractivity contribution is 0.0580. The Morgan fingerprint density at radius 2 is 1.51 bits per heavy atom. The summed E-state index contributed by atoms with van der Waals surface area (Å²) in [6.45, 7) is 22.4. The van der Waals surface area contributed by atoms with Crippen LogP contribution in [0.1, 0.15) is 117 Å². The fourth-order valence-corrected chi connectivity index (χ4v) is 7.28. The number of benzene rings is 3.